The highest BCUT2D eigenvalue weighted by molar-refractivity contribution is 9.09. The van der Waals surface area contributed by atoms with Crippen molar-refractivity contribution in [2.75, 3.05) is 5.33 Å². The molecule has 0 unspecified atom stereocenters. The zero-order valence-electron chi connectivity index (χ0n) is 10.7. The summed E-state index contributed by atoms with van der Waals surface area (Å²) in [7, 11) is 0. The average molecular weight is 306 g/mol. The van der Waals surface area contributed by atoms with Crippen molar-refractivity contribution in [1.82, 2.24) is 5.32 Å². The summed E-state index contributed by atoms with van der Waals surface area (Å²) in [6.45, 7) is 7.27. The Morgan fingerprint density at radius 1 is 1.41 bits per heavy atom. The van der Waals surface area contributed by atoms with Gasteiger partial charge in [-0.15, -0.1) is 0 Å². The van der Waals surface area contributed by atoms with E-state index in [2.05, 4.69) is 21.2 Å². The number of halogens is 1. The first kappa shape index (κ1) is 16.2. The molecule has 98 valence electrons. The van der Waals surface area contributed by atoms with Gasteiger partial charge in [0.2, 0.25) is 5.91 Å². The predicted molar refractivity (Wildman–Crippen MR) is 71.0 cm³/mol. The molecule has 0 bridgehead atoms. The second-order valence-electron chi connectivity index (χ2n) is 4.62. The van der Waals surface area contributed by atoms with Crippen LogP contribution >= 0.6 is 15.9 Å². The standard InChI is InChI=1S/C12H20BrNO3/c1-5-6-9(14-10(15)8-13)7-11(16)17-12(2,3)4/h5-6,9H,7-8H2,1-4H3,(H,14,15)/b6-5+/t9-/m1/s1. The number of rotatable bonds is 5. The first-order valence-corrected chi connectivity index (χ1v) is 6.60. The summed E-state index contributed by atoms with van der Waals surface area (Å²) in [6.07, 6.45) is 3.70. The summed E-state index contributed by atoms with van der Waals surface area (Å²) in [6, 6.07) is -0.320. The van der Waals surface area contributed by atoms with E-state index < -0.39 is 5.60 Å². The third-order valence-electron chi connectivity index (χ3n) is 1.70. The molecule has 0 aromatic heterocycles. The molecule has 0 aromatic carbocycles. The number of hydrogen-bond acceptors (Lipinski definition) is 3. The molecule has 0 spiro atoms. The summed E-state index contributed by atoms with van der Waals surface area (Å²) < 4.78 is 5.19. The fraction of sp³-hybridized carbons (Fsp3) is 0.667. The van der Waals surface area contributed by atoms with Gasteiger partial charge in [0.1, 0.15) is 5.60 Å². The molecule has 0 heterocycles. The van der Waals surface area contributed by atoms with Gasteiger partial charge in [0.05, 0.1) is 17.8 Å². The molecule has 0 saturated heterocycles. The predicted octanol–water partition coefficient (Wildman–Crippen LogP) is 2.17. The Morgan fingerprint density at radius 3 is 2.41 bits per heavy atom. The van der Waals surface area contributed by atoms with Gasteiger partial charge < -0.3 is 10.1 Å². The van der Waals surface area contributed by atoms with Gasteiger partial charge in [0.25, 0.3) is 0 Å². The van der Waals surface area contributed by atoms with Crippen molar-refractivity contribution in [3.05, 3.63) is 12.2 Å². The molecule has 1 N–H and O–H groups in total. The highest BCUT2D eigenvalue weighted by Crippen LogP contribution is 2.09. The zero-order valence-corrected chi connectivity index (χ0v) is 12.3. The van der Waals surface area contributed by atoms with Crippen molar-refractivity contribution in [2.24, 2.45) is 0 Å². The molecule has 1 amide bonds. The molecule has 0 aromatic rings. The minimum atomic E-state index is -0.503. The second-order valence-corrected chi connectivity index (χ2v) is 5.18. The number of allylic oxidation sites excluding steroid dienone is 1. The number of esters is 1. The molecule has 4 nitrogen and oxygen atoms in total. The lowest BCUT2D eigenvalue weighted by Crippen LogP contribution is -2.37. The smallest absolute Gasteiger partial charge is 0.308 e. The largest absolute Gasteiger partial charge is 0.460 e. The van der Waals surface area contributed by atoms with Gasteiger partial charge in [-0.1, -0.05) is 28.1 Å². The van der Waals surface area contributed by atoms with Crippen LogP contribution in [0.4, 0.5) is 0 Å². The molecule has 0 aliphatic carbocycles. The van der Waals surface area contributed by atoms with Crippen molar-refractivity contribution >= 4 is 27.8 Å². The van der Waals surface area contributed by atoms with Gasteiger partial charge in [-0.05, 0) is 27.7 Å². The maximum atomic E-state index is 11.6. The van der Waals surface area contributed by atoms with Crippen LogP contribution < -0.4 is 5.32 Å². The topological polar surface area (TPSA) is 55.4 Å². The van der Waals surface area contributed by atoms with Crippen LogP contribution in [0.25, 0.3) is 0 Å². The zero-order chi connectivity index (χ0) is 13.5. The number of carbonyl (C=O) groups is 2. The molecule has 0 fully saturated rings. The molecule has 17 heavy (non-hydrogen) atoms. The van der Waals surface area contributed by atoms with Crippen LogP contribution in [0.15, 0.2) is 12.2 Å². The fourth-order valence-electron chi connectivity index (χ4n) is 1.21. The highest BCUT2D eigenvalue weighted by Gasteiger charge is 2.19. The Labute approximate surface area is 111 Å². The normalized spacial score (nSPS) is 13.5. The van der Waals surface area contributed by atoms with E-state index in [4.69, 9.17) is 4.74 Å². The summed E-state index contributed by atoms with van der Waals surface area (Å²) in [4.78, 5) is 22.8. The first-order valence-electron chi connectivity index (χ1n) is 5.48. The lowest BCUT2D eigenvalue weighted by atomic mass is 10.1. The van der Waals surface area contributed by atoms with Crippen LogP contribution in [0.3, 0.4) is 0 Å². The van der Waals surface area contributed by atoms with E-state index in [1.807, 2.05) is 27.7 Å². The molecular formula is C12H20BrNO3. The Kier molecular flexibility index (Phi) is 7.11. The van der Waals surface area contributed by atoms with E-state index in [0.717, 1.165) is 0 Å². The minimum Gasteiger partial charge on any atom is -0.460 e. The van der Waals surface area contributed by atoms with Crippen LogP contribution in [0, 0.1) is 0 Å². The van der Waals surface area contributed by atoms with E-state index >= 15 is 0 Å². The lowest BCUT2D eigenvalue weighted by Gasteiger charge is -2.21. The van der Waals surface area contributed by atoms with Crippen molar-refractivity contribution in [3.63, 3.8) is 0 Å². The van der Waals surface area contributed by atoms with E-state index in [1.165, 1.54) is 0 Å². The van der Waals surface area contributed by atoms with Crippen LogP contribution in [-0.2, 0) is 14.3 Å². The quantitative estimate of drug-likeness (QED) is 0.481. The Morgan fingerprint density at radius 2 is 2.00 bits per heavy atom. The molecule has 0 rings (SSSR count). The first-order chi connectivity index (χ1) is 7.78. The Bertz CT molecular complexity index is 295. The Balaban J connectivity index is 4.35. The molecule has 0 radical (unpaired) electrons. The van der Waals surface area contributed by atoms with Gasteiger partial charge in [-0.2, -0.15) is 0 Å². The molecule has 0 saturated carbocycles. The van der Waals surface area contributed by atoms with Crippen molar-refractivity contribution in [2.45, 2.75) is 45.8 Å². The van der Waals surface area contributed by atoms with E-state index in [0.29, 0.717) is 0 Å². The van der Waals surface area contributed by atoms with E-state index in [1.54, 1.807) is 12.2 Å². The number of alkyl halides is 1. The monoisotopic (exact) mass is 305 g/mol. The van der Waals surface area contributed by atoms with Crippen LogP contribution in [-0.4, -0.2) is 28.8 Å². The van der Waals surface area contributed by atoms with E-state index in [-0.39, 0.29) is 29.7 Å². The molecule has 0 aliphatic rings. The lowest BCUT2D eigenvalue weighted by molar-refractivity contribution is -0.155. The number of carbonyl (C=O) groups excluding carboxylic acids is 2. The van der Waals surface area contributed by atoms with Crippen molar-refractivity contribution in [1.29, 1.82) is 0 Å². The van der Waals surface area contributed by atoms with Crippen molar-refractivity contribution < 1.29 is 14.3 Å². The average Bonchev–Trinajstić information content (AvgIpc) is 2.14. The second kappa shape index (κ2) is 7.48. The summed E-state index contributed by atoms with van der Waals surface area (Å²) >= 11 is 3.06. The summed E-state index contributed by atoms with van der Waals surface area (Å²) in [5, 5.41) is 2.93. The SMILES string of the molecule is C/C=C/[C@H](CC(=O)OC(C)(C)C)NC(=O)CBr. The van der Waals surface area contributed by atoms with Crippen LogP contribution in [0.1, 0.15) is 34.1 Å². The van der Waals surface area contributed by atoms with Crippen LogP contribution in [0.5, 0.6) is 0 Å². The van der Waals surface area contributed by atoms with Crippen molar-refractivity contribution in [3.8, 4) is 0 Å². The van der Waals surface area contributed by atoms with Gasteiger partial charge in [-0.3, -0.25) is 9.59 Å². The van der Waals surface area contributed by atoms with Gasteiger partial charge in [0, 0.05) is 0 Å². The number of amides is 1. The number of ether oxygens (including phenoxy) is 1. The maximum absolute atomic E-state index is 11.6. The summed E-state index contributed by atoms with van der Waals surface area (Å²) in [5.74, 6) is -0.480. The highest BCUT2D eigenvalue weighted by atomic mass is 79.9. The van der Waals surface area contributed by atoms with E-state index in [9.17, 15) is 9.59 Å². The molecule has 0 aliphatic heterocycles. The molecular weight excluding hydrogens is 286 g/mol. The van der Waals surface area contributed by atoms with Gasteiger partial charge in [0.15, 0.2) is 0 Å². The third-order valence-corrected chi connectivity index (χ3v) is 2.21. The van der Waals surface area contributed by atoms with Gasteiger partial charge in [-0.25, -0.2) is 0 Å². The van der Waals surface area contributed by atoms with Crippen LogP contribution in [0.2, 0.25) is 0 Å². The fourth-order valence-corrected chi connectivity index (χ4v) is 1.37. The minimum absolute atomic E-state index is 0.139. The maximum Gasteiger partial charge on any atom is 0.308 e. The number of nitrogens with one attached hydrogen (secondary N) is 1. The summed E-state index contributed by atoms with van der Waals surface area (Å²) in [5.41, 5.74) is -0.503. The molecule has 1 atom stereocenters. The number of hydrogen-bond donors (Lipinski definition) is 1. The van der Waals surface area contributed by atoms with Gasteiger partial charge >= 0.3 is 5.97 Å². The third kappa shape index (κ3) is 8.92. The Hall–Kier alpha value is -0.840. The molecule has 5 heteroatoms.